The first kappa shape index (κ1) is 21.2. The van der Waals surface area contributed by atoms with E-state index in [4.69, 9.17) is 17.0 Å². The van der Waals surface area contributed by atoms with Gasteiger partial charge in [-0.2, -0.15) is 0 Å². The van der Waals surface area contributed by atoms with E-state index in [1.165, 1.54) is 24.8 Å². The van der Waals surface area contributed by atoms with E-state index >= 15 is 0 Å². The molecule has 4 nitrogen and oxygen atoms in total. The number of ether oxygens (including phenoxy) is 1. The van der Waals surface area contributed by atoms with Crippen molar-refractivity contribution in [3.05, 3.63) is 16.0 Å². The summed E-state index contributed by atoms with van der Waals surface area (Å²) in [4.78, 5) is 13.7. The molecule has 1 aromatic heterocycles. The highest BCUT2D eigenvalue weighted by Crippen LogP contribution is 2.38. The molecule has 2 rings (SSSR count). The third-order valence-corrected chi connectivity index (χ3v) is 5.87. The summed E-state index contributed by atoms with van der Waals surface area (Å²) in [5, 5.41) is 8.07. The number of carbonyl (C=O) groups is 1. The lowest BCUT2D eigenvalue weighted by Gasteiger charge is -2.34. The topological polar surface area (TPSA) is 50.4 Å². The molecule has 1 aliphatic rings. The van der Waals surface area contributed by atoms with E-state index < -0.39 is 0 Å². The molecule has 2 N–H and O–H groups in total. The van der Waals surface area contributed by atoms with Crippen LogP contribution < -0.4 is 10.6 Å². The highest BCUT2D eigenvalue weighted by Gasteiger charge is 2.28. The molecular formula is C20H32N2O2S2. The summed E-state index contributed by atoms with van der Waals surface area (Å²) in [5.74, 6) is -0.274. The van der Waals surface area contributed by atoms with Gasteiger partial charge in [-0.15, -0.1) is 11.3 Å². The van der Waals surface area contributed by atoms with Crippen LogP contribution in [0.2, 0.25) is 0 Å². The first-order valence-electron chi connectivity index (χ1n) is 9.34. The number of fused-ring (bicyclic) bond motifs is 1. The summed E-state index contributed by atoms with van der Waals surface area (Å²) in [6, 6.07) is 0. The Morgan fingerprint density at radius 3 is 2.42 bits per heavy atom. The minimum absolute atomic E-state index is 0.137. The van der Waals surface area contributed by atoms with E-state index in [-0.39, 0.29) is 16.9 Å². The van der Waals surface area contributed by atoms with Gasteiger partial charge in [0.2, 0.25) is 0 Å². The van der Waals surface area contributed by atoms with Crippen LogP contribution >= 0.6 is 23.6 Å². The van der Waals surface area contributed by atoms with Crippen LogP contribution in [0.15, 0.2) is 0 Å². The van der Waals surface area contributed by atoms with Gasteiger partial charge in [-0.1, -0.05) is 27.2 Å². The van der Waals surface area contributed by atoms with Crippen LogP contribution in [0.1, 0.15) is 81.1 Å². The number of esters is 1. The third-order valence-electron chi connectivity index (χ3n) is 4.46. The quantitative estimate of drug-likeness (QED) is 0.411. The maximum atomic E-state index is 12.4. The zero-order valence-corrected chi connectivity index (χ0v) is 18.5. The molecule has 0 aliphatic heterocycles. The Labute approximate surface area is 167 Å². The largest absolute Gasteiger partial charge is 0.465 e. The lowest BCUT2D eigenvalue weighted by Crippen LogP contribution is -2.47. The van der Waals surface area contributed by atoms with E-state index in [1.54, 1.807) is 11.3 Å². The highest BCUT2D eigenvalue weighted by molar-refractivity contribution is 7.80. The van der Waals surface area contributed by atoms with Crippen LogP contribution in [0.4, 0.5) is 5.00 Å². The summed E-state index contributed by atoms with van der Waals surface area (Å²) in [7, 11) is 1.44. The molecule has 0 atom stereocenters. The second-order valence-corrected chi connectivity index (χ2v) is 10.5. The second-order valence-electron chi connectivity index (χ2n) is 8.96. The zero-order chi connectivity index (χ0) is 19.5. The normalized spacial score (nSPS) is 15.0. The van der Waals surface area contributed by atoms with Gasteiger partial charge in [-0.05, 0) is 69.1 Å². The van der Waals surface area contributed by atoms with Crippen molar-refractivity contribution in [2.75, 3.05) is 12.4 Å². The van der Waals surface area contributed by atoms with Crippen LogP contribution in [0.5, 0.6) is 0 Å². The summed E-state index contributed by atoms with van der Waals surface area (Å²) in [5.41, 5.74) is 1.89. The predicted molar refractivity (Wildman–Crippen MR) is 114 cm³/mol. The SMILES string of the molecule is COC(=O)c1c(NC(=S)NC(C)(C)CC(C)(C)C)sc2c1CCCCC2. The van der Waals surface area contributed by atoms with Gasteiger partial charge in [-0.25, -0.2) is 4.79 Å². The predicted octanol–water partition coefficient (Wildman–Crippen LogP) is 5.30. The number of carbonyl (C=O) groups excluding carboxylic acids is 1. The Bertz CT molecular complexity index is 672. The van der Waals surface area contributed by atoms with Crippen molar-refractivity contribution in [1.82, 2.24) is 5.32 Å². The fourth-order valence-corrected chi connectivity index (χ4v) is 5.69. The molecule has 0 fully saturated rings. The minimum atomic E-state index is -0.274. The molecule has 0 aromatic carbocycles. The van der Waals surface area contributed by atoms with Gasteiger partial charge in [0.1, 0.15) is 5.00 Å². The van der Waals surface area contributed by atoms with E-state index in [0.717, 1.165) is 36.2 Å². The van der Waals surface area contributed by atoms with Gasteiger partial charge in [-0.3, -0.25) is 0 Å². The van der Waals surface area contributed by atoms with Crippen molar-refractivity contribution in [1.29, 1.82) is 0 Å². The third kappa shape index (κ3) is 5.68. The number of thiophene rings is 1. The van der Waals surface area contributed by atoms with E-state index in [9.17, 15) is 4.79 Å². The average Bonchev–Trinajstić information content (AvgIpc) is 2.64. The number of anilines is 1. The van der Waals surface area contributed by atoms with E-state index in [2.05, 4.69) is 45.3 Å². The van der Waals surface area contributed by atoms with E-state index in [0.29, 0.717) is 10.7 Å². The van der Waals surface area contributed by atoms with Crippen LogP contribution in [-0.2, 0) is 17.6 Å². The fourth-order valence-electron chi connectivity index (χ4n) is 3.96. The number of thiocarbonyl (C=S) groups is 1. The summed E-state index contributed by atoms with van der Waals surface area (Å²) < 4.78 is 5.05. The number of hydrogen-bond acceptors (Lipinski definition) is 4. The molecule has 1 heterocycles. The molecule has 26 heavy (non-hydrogen) atoms. The molecule has 146 valence electrons. The number of hydrogen-bond donors (Lipinski definition) is 2. The smallest absolute Gasteiger partial charge is 0.341 e. The van der Waals surface area contributed by atoms with Crippen molar-refractivity contribution >= 4 is 39.6 Å². The van der Waals surface area contributed by atoms with Crippen LogP contribution in [-0.4, -0.2) is 23.7 Å². The molecule has 1 aliphatic carbocycles. The highest BCUT2D eigenvalue weighted by atomic mass is 32.1. The van der Waals surface area contributed by atoms with Gasteiger partial charge >= 0.3 is 5.97 Å². The maximum absolute atomic E-state index is 12.4. The van der Waals surface area contributed by atoms with Crippen molar-refractivity contribution in [2.45, 2.75) is 78.7 Å². The van der Waals surface area contributed by atoms with Crippen LogP contribution in [0.3, 0.4) is 0 Å². The van der Waals surface area contributed by atoms with Crippen molar-refractivity contribution in [3.8, 4) is 0 Å². The van der Waals surface area contributed by atoms with Gasteiger partial charge in [0.15, 0.2) is 5.11 Å². The molecule has 0 saturated carbocycles. The minimum Gasteiger partial charge on any atom is -0.465 e. The lowest BCUT2D eigenvalue weighted by molar-refractivity contribution is 0.0601. The van der Waals surface area contributed by atoms with Gasteiger partial charge in [0.25, 0.3) is 0 Å². The number of aryl methyl sites for hydroxylation is 1. The fraction of sp³-hybridized carbons (Fsp3) is 0.700. The summed E-state index contributed by atoms with van der Waals surface area (Å²) in [6.07, 6.45) is 6.46. The Morgan fingerprint density at radius 1 is 1.15 bits per heavy atom. The number of methoxy groups -OCH3 is 1. The Balaban J connectivity index is 2.20. The Hall–Kier alpha value is -1.14. The summed E-state index contributed by atoms with van der Waals surface area (Å²) >= 11 is 7.20. The molecule has 0 amide bonds. The van der Waals surface area contributed by atoms with Crippen LogP contribution in [0, 0.1) is 5.41 Å². The van der Waals surface area contributed by atoms with Gasteiger partial charge < -0.3 is 15.4 Å². The molecular weight excluding hydrogens is 364 g/mol. The molecule has 0 saturated heterocycles. The lowest BCUT2D eigenvalue weighted by atomic mass is 9.82. The second kappa shape index (κ2) is 8.26. The molecule has 0 unspecified atom stereocenters. The molecule has 0 spiro atoms. The molecule has 0 radical (unpaired) electrons. The Kier molecular flexibility index (Phi) is 6.72. The van der Waals surface area contributed by atoms with Crippen molar-refractivity contribution < 1.29 is 9.53 Å². The van der Waals surface area contributed by atoms with Crippen molar-refractivity contribution in [2.24, 2.45) is 5.41 Å². The van der Waals surface area contributed by atoms with Crippen molar-refractivity contribution in [3.63, 3.8) is 0 Å². The van der Waals surface area contributed by atoms with Gasteiger partial charge in [0, 0.05) is 10.4 Å². The zero-order valence-electron chi connectivity index (χ0n) is 16.9. The van der Waals surface area contributed by atoms with E-state index in [1.807, 2.05) is 0 Å². The van der Waals surface area contributed by atoms with Crippen LogP contribution in [0.25, 0.3) is 0 Å². The maximum Gasteiger partial charge on any atom is 0.341 e. The van der Waals surface area contributed by atoms with Gasteiger partial charge in [0.05, 0.1) is 12.7 Å². The number of rotatable bonds is 4. The standard InChI is InChI=1S/C20H32N2O2S2/c1-19(2,3)12-20(4,5)22-18(25)21-16-15(17(23)24-6)13-10-8-7-9-11-14(13)26-16/h7-12H2,1-6H3,(H2,21,22,25). The average molecular weight is 397 g/mol. The molecule has 6 heteroatoms. The number of nitrogens with one attached hydrogen (secondary N) is 2. The summed E-state index contributed by atoms with van der Waals surface area (Å²) in [6.45, 7) is 11.0. The first-order chi connectivity index (χ1) is 12.0. The molecule has 1 aromatic rings. The monoisotopic (exact) mass is 396 g/mol. The molecule has 0 bridgehead atoms. The Morgan fingerprint density at radius 2 is 1.81 bits per heavy atom. The first-order valence-corrected chi connectivity index (χ1v) is 10.6.